The van der Waals surface area contributed by atoms with Gasteiger partial charge in [0.15, 0.2) is 0 Å². The molecule has 8 heteroatoms. The number of primary amides is 1. The standard InChI is InChI=1S/C10H9F4N3O/c11-9(12)7-6-3-1-4(3)10(13,14)8(6)17(16-7)2-5(15)18/h3-4,9H,1-2H2,(H2,15,18)/t3-,4+/m0/s1. The van der Waals surface area contributed by atoms with Crippen LogP contribution in [0.15, 0.2) is 0 Å². The minimum absolute atomic E-state index is 0.0822. The summed E-state index contributed by atoms with van der Waals surface area (Å²) in [5.74, 6) is -5.57. The second kappa shape index (κ2) is 3.24. The van der Waals surface area contributed by atoms with Gasteiger partial charge >= 0.3 is 0 Å². The maximum absolute atomic E-state index is 13.9. The predicted molar refractivity (Wildman–Crippen MR) is 51.1 cm³/mol. The summed E-state index contributed by atoms with van der Waals surface area (Å²) >= 11 is 0. The monoisotopic (exact) mass is 263 g/mol. The maximum Gasteiger partial charge on any atom is 0.293 e. The third kappa shape index (κ3) is 1.31. The van der Waals surface area contributed by atoms with Crippen LogP contribution in [0.1, 0.15) is 35.7 Å². The number of halogens is 4. The number of carbonyl (C=O) groups excluding carboxylic acids is 1. The Labute approximate surface area is 98.7 Å². The molecule has 2 aliphatic carbocycles. The fraction of sp³-hybridized carbons (Fsp3) is 0.600. The normalized spacial score (nSPS) is 27.2. The lowest BCUT2D eigenvalue weighted by Gasteiger charge is -2.14. The Morgan fingerprint density at radius 2 is 2.22 bits per heavy atom. The van der Waals surface area contributed by atoms with E-state index in [-0.39, 0.29) is 12.0 Å². The van der Waals surface area contributed by atoms with E-state index in [2.05, 4.69) is 5.10 Å². The molecule has 0 aromatic carbocycles. The summed E-state index contributed by atoms with van der Waals surface area (Å²) in [7, 11) is 0. The van der Waals surface area contributed by atoms with Gasteiger partial charge in [-0.25, -0.2) is 8.78 Å². The van der Waals surface area contributed by atoms with Crippen LogP contribution in [0.4, 0.5) is 17.6 Å². The summed E-state index contributed by atoms with van der Waals surface area (Å²) in [6, 6.07) is 0. The number of fused-ring (bicyclic) bond motifs is 3. The molecule has 2 N–H and O–H groups in total. The Kier molecular flexibility index (Phi) is 2.07. The number of amides is 1. The Morgan fingerprint density at radius 1 is 1.56 bits per heavy atom. The first-order valence-electron chi connectivity index (χ1n) is 5.39. The van der Waals surface area contributed by atoms with E-state index >= 15 is 0 Å². The zero-order chi connectivity index (χ0) is 13.2. The van der Waals surface area contributed by atoms with Gasteiger partial charge in [0.05, 0.1) is 0 Å². The van der Waals surface area contributed by atoms with Gasteiger partial charge in [0, 0.05) is 11.5 Å². The summed E-state index contributed by atoms with van der Waals surface area (Å²) in [6.07, 6.45) is -2.73. The summed E-state index contributed by atoms with van der Waals surface area (Å²) in [5.41, 5.74) is 3.62. The van der Waals surface area contributed by atoms with Crippen LogP contribution in [-0.4, -0.2) is 15.7 Å². The molecule has 18 heavy (non-hydrogen) atoms. The molecule has 1 fully saturated rings. The summed E-state index contributed by atoms with van der Waals surface area (Å²) in [5, 5.41) is 3.43. The molecule has 3 rings (SSSR count). The number of carbonyl (C=O) groups is 1. The smallest absolute Gasteiger partial charge is 0.293 e. The van der Waals surface area contributed by atoms with Crippen molar-refractivity contribution in [3.63, 3.8) is 0 Å². The number of hydrogen-bond acceptors (Lipinski definition) is 2. The summed E-state index contributed by atoms with van der Waals surface area (Å²) in [6.45, 7) is -0.607. The highest BCUT2D eigenvalue weighted by Crippen LogP contribution is 2.68. The van der Waals surface area contributed by atoms with Crippen LogP contribution in [0.2, 0.25) is 0 Å². The van der Waals surface area contributed by atoms with E-state index in [4.69, 9.17) is 5.73 Å². The number of nitrogens with two attached hydrogens (primary N) is 1. The molecule has 0 saturated heterocycles. The van der Waals surface area contributed by atoms with E-state index in [1.165, 1.54) is 0 Å². The molecule has 1 heterocycles. The average Bonchev–Trinajstić information content (AvgIpc) is 2.88. The highest BCUT2D eigenvalue weighted by Gasteiger charge is 2.67. The molecule has 4 nitrogen and oxygen atoms in total. The minimum Gasteiger partial charge on any atom is -0.368 e. The molecule has 0 radical (unpaired) electrons. The second-order valence-corrected chi connectivity index (χ2v) is 4.64. The van der Waals surface area contributed by atoms with Gasteiger partial charge in [-0.15, -0.1) is 0 Å². The summed E-state index contributed by atoms with van der Waals surface area (Å²) in [4.78, 5) is 10.8. The zero-order valence-electron chi connectivity index (χ0n) is 9.04. The van der Waals surface area contributed by atoms with E-state index in [9.17, 15) is 22.4 Å². The molecule has 1 amide bonds. The quantitative estimate of drug-likeness (QED) is 0.840. The van der Waals surface area contributed by atoms with Crippen LogP contribution in [0.25, 0.3) is 0 Å². The molecule has 1 aromatic rings. The Hall–Kier alpha value is -1.60. The first-order valence-corrected chi connectivity index (χ1v) is 5.39. The fourth-order valence-electron chi connectivity index (χ4n) is 2.72. The fourth-order valence-corrected chi connectivity index (χ4v) is 2.72. The topological polar surface area (TPSA) is 60.9 Å². The van der Waals surface area contributed by atoms with Crippen LogP contribution in [0.3, 0.4) is 0 Å². The molecule has 0 bridgehead atoms. The molecule has 0 aliphatic heterocycles. The van der Waals surface area contributed by atoms with Crippen LogP contribution in [-0.2, 0) is 17.3 Å². The lowest BCUT2D eigenvalue weighted by molar-refractivity contribution is -0.119. The van der Waals surface area contributed by atoms with Crippen molar-refractivity contribution in [3.8, 4) is 0 Å². The highest BCUT2D eigenvalue weighted by molar-refractivity contribution is 5.73. The second-order valence-electron chi connectivity index (χ2n) is 4.64. The van der Waals surface area contributed by atoms with Gasteiger partial charge in [-0.2, -0.15) is 13.9 Å². The van der Waals surface area contributed by atoms with E-state index in [1.54, 1.807) is 0 Å². The van der Waals surface area contributed by atoms with Crippen LogP contribution < -0.4 is 5.73 Å². The Bertz CT molecular complexity index is 539. The van der Waals surface area contributed by atoms with Gasteiger partial charge in [0.1, 0.15) is 17.9 Å². The average molecular weight is 263 g/mol. The number of hydrogen-bond donors (Lipinski definition) is 1. The molecule has 2 aliphatic rings. The van der Waals surface area contributed by atoms with Gasteiger partial charge < -0.3 is 5.73 Å². The Morgan fingerprint density at radius 3 is 2.78 bits per heavy atom. The molecule has 1 aromatic heterocycles. The van der Waals surface area contributed by atoms with Gasteiger partial charge in [0.2, 0.25) is 5.91 Å². The molecule has 0 spiro atoms. The maximum atomic E-state index is 13.9. The van der Waals surface area contributed by atoms with Crippen molar-refractivity contribution in [2.24, 2.45) is 11.7 Å². The van der Waals surface area contributed by atoms with Gasteiger partial charge in [-0.05, 0) is 12.3 Å². The molecule has 1 saturated carbocycles. The minimum atomic E-state index is -3.20. The molecular formula is C10H9F4N3O. The third-order valence-corrected chi connectivity index (χ3v) is 3.47. The van der Waals surface area contributed by atoms with E-state index in [0.29, 0.717) is 4.68 Å². The van der Waals surface area contributed by atoms with Crippen molar-refractivity contribution < 1.29 is 22.4 Å². The lowest BCUT2D eigenvalue weighted by atomic mass is 10.1. The van der Waals surface area contributed by atoms with Crippen molar-refractivity contribution in [1.29, 1.82) is 0 Å². The first-order chi connectivity index (χ1) is 8.34. The van der Waals surface area contributed by atoms with E-state index in [1.807, 2.05) is 0 Å². The molecule has 98 valence electrons. The van der Waals surface area contributed by atoms with E-state index in [0.717, 1.165) is 0 Å². The molecule has 0 unspecified atom stereocenters. The summed E-state index contributed by atoms with van der Waals surface area (Å²) < 4.78 is 54.0. The highest BCUT2D eigenvalue weighted by atomic mass is 19.3. The zero-order valence-corrected chi connectivity index (χ0v) is 9.04. The number of alkyl halides is 4. The largest absolute Gasteiger partial charge is 0.368 e. The van der Waals surface area contributed by atoms with Crippen molar-refractivity contribution in [3.05, 3.63) is 17.0 Å². The Balaban J connectivity index is 2.16. The van der Waals surface area contributed by atoms with Crippen molar-refractivity contribution >= 4 is 5.91 Å². The molecular weight excluding hydrogens is 254 g/mol. The van der Waals surface area contributed by atoms with Gasteiger partial charge in [-0.3, -0.25) is 9.48 Å². The van der Waals surface area contributed by atoms with Crippen molar-refractivity contribution in [2.75, 3.05) is 0 Å². The van der Waals surface area contributed by atoms with Crippen molar-refractivity contribution in [1.82, 2.24) is 9.78 Å². The van der Waals surface area contributed by atoms with Crippen LogP contribution >= 0.6 is 0 Å². The van der Waals surface area contributed by atoms with Crippen LogP contribution in [0.5, 0.6) is 0 Å². The van der Waals surface area contributed by atoms with Crippen LogP contribution in [0, 0.1) is 5.92 Å². The number of rotatable bonds is 3. The lowest BCUT2D eigenvalue weighted by Crippen LogP contribution is -2.26. The third-order valence-electron chi connectivity index (χ3n) is 3.47. The van der Waals surface area contributed by atoms with Gasteiger partial charge in [-0.1, -0.05) is 0 Å². The number of aromatic nitrogens is 2. The van der Waals surface area contributed by atoms with Gasteiger partial charge in [0.25, 0.3) is 12.3 Å². The predicted octanol–water partition coefficient (Wildman–Crippen LogP) is 1.51. The molecule has 2 atom stereocenters. The SMILES string of the molecule is NC(=O)Cn1nc(C(F)F)c2c1C(F)(F)[C@@H]1C[C@H]21. The van der Waals surface area contributed by atoms with Crippen molar-refractivity contribution in [2.45, 2.75) is 31.2 Å². The van der Waals surface area contributed by atoms with E-state index < -0.39 is 48.0 Å². The first kappa shape index (κ1) is 11.5. The number of nitrogens with zero attached hydrogens (tertiary/aromatic N) is 2.